The van der Waals surface area contributed by atoms with E-state index in [1.54, 1.807) is 19.2 Å². The van der Waals surface area contributed by atoms with Crippen molar-refractivity contribution in [2.45, 2.75) is 18.6 Å². The molecule has 0 unspecified atom stereocenters. The van der Waals surface area contributed by atoms with Crippen LogP contribution in [0.4, 0.5) is 14.5 Å². The topological polar surface area (TPSA) is 58.6 Å². The van der Waals surface area contributed by atoms with Gasteiger partial charge < -0.3 is 15.0 Å². The van der Waals surface area contributed by atoms with Crippen molar-refractivity contribution in [3.63, 3.8) is 0 Å². The summed E-state index contributed by atoms with van der Waals surface area (Å²) in [7, 11) is 1.54. The van der Waals surface area contributed by atoms with Gasteiger partial charge in [-0.15, -0.1) is 0 Å². The zero-order valence-corrected chi connectivity index (χ0v) is 14.0. The number of nitrogens with one attached hydrogen (secondary N) is 1. The maximum absolute atomic E-state index is 14.1. The molecule has 0 saturated carbocycles. The van der Waals surface area contributed by atoms with E-state index in [2.05, 4.69) is 5.32 Å². The van der Waals surface area contributed by atoms with Crippen molar-refractivity contribution in [1.29, 1.82) is 0 Å². The Labute approximate surface area is 148 Å². The average molecular weight is 358 g/mol. The van der Waals surface area contributed by atoms with Crippen LogP contribution in [0.25, 0.3) is 11.1 Å². The SMILES string of the molecule is CO[C@@H]1C[C@H]2C(=O)Nc3ccc(-c4ccc(F)cc4F)cc3C(=O)N2C1. The summed E-state index contributed by atoms with van der Waals surface area (Å²) in [6.07, 6.45) is 0.232. The molecule has 1 saturated heterocycles. The molecule has 2 aliphatic rings. The van der Waals surface area contributed by atoms with Crippen LogP contribution in [-0.4, -0.2) is 42.5 Å². The van der Waals surface area contributed by atoms with Crippen LogP contribution in [0.1, 0.15) is 16.8 Å². The van der Waals surface area contributed by atoms with Crippen LogP contribution in [0.3, 0.4) is 0 Å². The van der Waals surface area contributed by atoms with Gasteiger partial charge in [0, 0.05) is 31.7 Å². The molecule has 134 valence electrons. The maximum atomic E-state index is 14.1. The fourth-order valence-corrected chi connectivity index (χ4v) is 3.53. The van der Waals surface area contributed by atoms with E-state index in [1.807, 2.05) is 0 Å². The normalized spacial score (nSPS) is 21.9. The van der Waals surface area contributed by atoms with Crippen LogP contribution >= 0.6 is 0 Å². The van der Waals surface area contributed by atoms with Crippen molar-refractivity contribution in [2.24, 2.45) is 0 Å². The number of carbonyl (C=O) groups excluding carboxylic acids is 2. The number of hydrogen-bond acceptors (Lipinski definition) is 3. The van der Waals surface area contributed by atoms with Gasteiger partial charge >= 0.3 is 0 Å². The first-order valence-electron chi connectivity index (χ1n) is 8.22. The molecule has 1 N–H and O–H groups in total. The first-order chi connectivity index (χ1) is 12.5. The molecule has 0 spiro atoms. The molecule has 2 aromatic carbocycles. The summed E-state index contributed by atoms with van der Waals surface area (Å²) in [5.74, 6) is -1.96. The molecule has 1 fully saturated rings. The quantitative estimate of drug-likeness (QED) is 0.898. The Kier molecular flexibility index (Phi) is 3.96. The Bertz CT molecular complexity index is 916. The molecule has 5 nitrogen and oxygen atoms in total. The molecule has 4 rings (SSSR count). The number of amides is 2. The zero-order valence-electron chi connectivity index (χ0n) is 14.0. The van der Waals surface area contributed by atoms with Crippen LogP contribution < -0.4 is 5.32 Å². The lowest BCUT2D eigenvalue weighted by Gasteiger charge is -2.20. The van der Waals surface area contributed by atoms with Gasteiger partial charge in [-0.3, -0.25) is 9.59 Å². The van der Waals surface area contributed by atoms with Crippen molar-refractivity contribution in [1.82, 2.24) is 4.90 Å². The van der Waals surface area contributed by atoms with Crippen molar-refractivity contribution in [3.05, 3.63) is 53.6 Å². The molecular formula is C19H16F2N2O3. The largest absolute Gasteiger partial charge is 0.380 e. The van der Waals surface area contributed by atoms with Crippen LogP contribution in [0.5, 0.6) is 0 Å². The molecule has 2 amide bonds. The van der Waals surface area contributed by atoms with Gasteiger partial charge in [-0.1, -0.05) is 6.07 Å². The summed E-state index contributed by atoms with van der Waals surface area (Å²) < 4.78 is 32.5. The molecule has 0 bridgehead atoms. The Morgan fingerprint density at radius 2 is 1.92 bits per heavy atom. The zero-order chi connectivity index (χ0) is 18.4. The molecule has 0 aromatic heterocycles. The Hall–Kier alpha value is -2.80. The van der Waals surface area contributed by atoms with E-state index in [1.165, 1.54) is 17.0 Å². The van der Waals surface area contributed by atoms with Gasteiger partial charge in [0.05, 0.1) is 17.4 Å². The summed E-state index contributed by atoms with van der Waals surface area (Å²) >= 11 is 0. The highest BCUT2D eigenvalue weighted by Crippen LogP contribution is 2.33. The van der Waals surface area contributed by atoms with Gasteiger partial charge in [0.1, 0.15) is 17.7 Å². The number of ether oxygens (including phenoxy) is 1. The van der Waals surface area contributed by atoms with E-state index in [0.717, 1.165) is 12.1 Å². The van der Waals surface area contributed by atoms with Crippen LogP contribution in [0.2, 0.25) is 0 Å². The van der Waals surface area contributed by atoms with E-state index in [9.17, 15) is 18.4 Å². The molecule has 2 heterocycles. The van der Waals surface area contributed by atoms with Gasteiger partial charge in [-0.2, -0.15) is 0 Å². The smallest absolute Gasteiger partial charge is 0.256 e. The van der Waals surface area contributed by atoms with Crippen LogP contribution in [0, 0.1) is 11.6 Å². The Morgan fingerprint density at radius 1 is 1.12 bits per heavy atom. The predicted octanol–water partition coefficient (Wildman–Crippen LogP) is 2.81. The molecule has 26 heavy (non-hydrogen) atoms. The van der Waals surface area contributed by atoms with E-state index in [4.69, 9.17) is 4.74 Å². The van der Waals surface area contributed by atoms with Gasteiger partial charge in [-0.05, 0) is 29.8 Å². The van der Waals surface area contributed by atoms with Crippen molar-refractivity contribution < 1.29 is 23.1 Å². The molecule has 2 aliphatic heterocycles. The lowest BCUT2D eigenvalue weighted by Crippen LogP contribution is -2.40. The number of anilines is 1. The summed E-state index contributed by atoms with van der Waals surface area (Å²) in [5.41, 5.74) is 1.28. The third-order valence-electron chi connectivity index (χ3n) is 4.91. The van der Waals surface area contributed by atoms with E-state index in [-0.39, 0.29) is 29.0 Å². The third-order valence-corrected chi connectivity index (χ3v) is 4.91. The molecule has 0 aliphatic carbocycles. The van der Waals surface area contributed by atoms with Crippen LogP contribution in [0.15, 0.2) is 36.4 Å². The summed E-state index contributed by atoms with van der Waals surface area (Å²) in [4.78, 5) is 26.9. The van der Waals surface area contributed by atoms with Crippen molar-refractivity contribution in [3.8, 4) is 11.1 Å². The van der Waals surface area contributed by atoms with Crippen molar-refractivity contribution in [2.75, 3.05) is 19.0 Å². The Balaban J connectivity index is 1.77. The lowest BCUT2D eigenvalue weighted by atomic mass is 10.0. The minimum atomic E-state index is -0.714. The second-order valence-electron chi connectivity index (χ2n) is 6.44. The number of methoxy groups -OCH3 is 1. The average Bonchev–Trinajstić information content (AvgIpc) is 3.03. The fourth-order valence-electron chi connectivity index (χ4n) is 3.53. The van der Waals surface area contributed by atoms with Gasteiger partial charge in [-0.25, -0.2) is 8.78 Å². The minimum absolute atomic E-state index is 0.185. The number of carbonyl (C=O) groups is 2. The second kappa shape index (κ2) is 6.17. The monoisotopic (exact) mass is 358 g/mol. The molecule has 2 aromatic rings. The summed E-state index contributed by atoms with van der Waals surface area (Å²) in [5, 5.41) is 2.76. The highest BCUT2D eigenvalue weighted by Gasteiger charge is 2.42. The lowest BCUT2D eigenvalue weighted by molar-refractivity contribution is -0.119. The number of halogens is 2. The predicted molar refractivity (Wildman–Crippen MR) is 90.7 cm³/mol. The third kappa shape index (κ3) is 2.64. The standard InChI is InChI=1S/C19H16F2N2O3/c1-26-12-8-17-18(24)22-16-5-2-10(6-14(16)19(25)23(17)9-12)13-4-3-11(20)7-15(13)21/h2-7,12,17H,8-9H2,1H3,(H,22,24)/t12-,17+/m1/s1. The van der Waals surface area contributed by atoms with Crippen molar-refractivity contribution >= 4 is 17.5 Å². The van der Waals surface area contributed by atoms with E-state index < -0.39 is 17.7 Å². The summed E-state index contributed by atoms with van der Waals surface area (Å²) in [6.45, 7) is 0.321. The Morgan fingerprint density at radius 3 is 2.65 bits per heavy atom. The first kappa shape index (κ1) is 16.7. The molecule has 0 radical (unpaired) electrons. The number of hydrogen-bond donors (Lipinski definition) is 1. The van der Waals surface area contributed by atoms with E-state index in [0.29, 0.717) is 24.2 Å². The number of nitrogens with zero attached hydrogens (tertiary/aromatic N) is 1. The van der Waals surface area contributed by atoms with Gasteiger partial charge in [0.25, 0.3) is 5.91 Å². The summed E-state index contributed by atoms with van der Waals surface area (Å²) in [6, 6.07) is 7.38. The molecule has 7 heteroatoms. The van der Waals surface area contributed by atoms with Gasteiger partial charge in [0.2, 0.25) is 5.91 Å². The first-order valence-corrected chi connectivity index (χ1v) is 8.22. The van der Waals surface area contributed by atoms with E-state index >= 15 is 0 Å². The number of rotatable bonds is 2. The second-order valence-corrected chi connectivity index (χ2v) is 6.44. The minimum Gasteiger partial charge on any atom is -0.380 e. The highest BCUT2D eigenvalue weighted by molar-refractivity contribution is 6.10. The van der Waals surface area contributed by atoms with Crippen LogP contribution in [-0.2, 0) is 9.53 Å². The highest BCUT2D eigenvalue weighted by atomic mass is 19.1. The molecule has 2 atom stereocenters. The molecular weight excluding hydrogens is 342 g/mol. The number of fused-ring (bicyclic) bond motifs is 2. The fraction of sp³-hybridized carbons (Fsp3) is 0.263. The maximum Gasteiger partial charge on any atom is 0.256 e. The van der Waals surface area contributed by atoms with Gasteiger partial charge in [0.15, 0.2) is 0 Å². The number of benzene rings is 2.